The van der Waals surface area contributed by atoms with E-state index in [0.717, 1.165) is 0 Å². The first-order valence-corrected chi connectivity index (χ1v) is 5.85. The maximum atomic E-state index is 13.5. The smallest absolute Gasteiger partial charge is 0.236 e. The molecule has 2 aliphatic heterocycles. The lowest BCUT2D eigenvalue weighted by Crippen LogP contribution is -2.40. The minimum Gasteiger partial charge on any atom is -0.352 e. The zero-order valence-corrected chi connectivity index (χ0v) is 9.98. The van der Waals surface area contributed by atoms with Crippen LogP contribution < -0.4 is 0 Å². The lowest BCUT2D eigenvalue weighted by molar-refractivity contribution is -0.143. The van der Waals surface area contributed by atoms with Crippen LogP contribution in [0.5, 0.6) is 0 Å². The summed E-state index contributed by atoms with van der Waals surface area (Å²) in [5.41, 5.74) is 0.517. The molecule has 17 heavy (non-hydrogen) atoms. The first kappa shape index (κ1) is 12.2. The second kappa shape index (κ2) is 4.56. The standard InChI is InChI=1S/C12H16FNO3/c1-3-10-8(13)4-12(17-10)14-6-7(2)9(15)5-11(14)16/h6,8,10,12H,3-5H2,1-2H3/t8?,10-,12-/m1/s1/i13-1. The maximum Gasteiger partial charge on any atom is 0.236 e. The number of nitrogens with zero attached hydrogens (tertiary/aromatic N) is 1. The molecular formula is C12H16FNO3. The zero-order valence-electron chi connectivity index (χ0n) is 9.98. The number of hydrogen-bond acceptors (Lipinski definition) is 3. The number of halogens is 1. The molecule has 0 saturated carbocycles. The summed E-state index contributed by atoms with van der Waals surface area (Å²) in [5.74, 6) is -0.484. The summed E-state index contributed by atoms with van der Waals surface area (Å²) in [7, 11) is 0. The topological polar surface area (TPSA) is 46.6 Å². The van der Waals surface area contributed by atoms with Gasteiger partial charge >= 0.3 is 0 Å². The Hall–Kier alpha value is -1.23. The molecule has 4 nitrogen and oxygen atoms in total. The number of ether oxygens (including phenoxy) is 1. The third kappa shape index (κ3) is 2.24. The van der Waals surface area contributed by atoms with Gasteiger partial charge < -0.3 is 4.74 Å². The molecule has 2 aliphatic rings. The SMILES string of the molecule is CC[C@H]1O[C@@H](N2C=C(C)C(=O)CC2=O)CC1[18F]. The van der Waals surface area contributed by atoms with E-state index in [0.29, 0.717) is 12.0 Å². The Morgan fingerprint density at radius 3 is 2.82 bits per heavy atom. The summed E-state index contributed by atoms with van der Waals surface area (Å²) in [4.78, 5) is 24.4. The molecule has 94 valence electrons. The molecule has 0 radical (unpaired) electrons. The Balaban J connectivity index is 2.13. The predicted molar refractivity (Wildman–Crippen MR) is 58.7 cm³/mol. The molecule has 0 aromatic rings. The quantitative estimate of drug-likeness (QED) is 0.688. The molecule has 0 aromatic heterocycles. The third-order valence-electron chi connectivity index (χ3n) is 3.25. The van der Waals surface area contributed by atoms with Crippen molar-refractivity contribution in [3.63, 3.8) is 0 Å². The monoisotopic (exact) mass is 240 g/mol. The van der Waals surface area contributed by atoms with Crippen LogP contribution in [0.2, 0.25) is 0 Å². The van der Waals surface area contributed by atoms with Crippen LogP contribution in [0.3, 0.4) is 0 Å². The molecule has 0 aliphatic carbocycles. The van der Waals surface area contributed by atoms with Crippen LogP contribution in [0.15, 0.2) is 11.8 Å². The summed E-state index contributed by atoms with van der Waals surface area (Å²) in [6.07, 6.45) is 0.0528. The van der Waals surface area contributed by atoms with E-state index < -0.39 is 18.5 Å². The highest BCUT2D eigenvalue weighted by molar-refractivity contribution is 6.09. The Morgan fingerprint density at radius 2 is 2.24 bits per heavy atom. The fourth-order valence-corrected chi connectivity index (χ4v) is 2.18. The highest BCUT2D eigenvalue weighted by Gasteiger charge is 2.40. The van der Waals surface area contributed by atoms with Gasteiger partial charge in [-0.15, -0.1) is 0 Å². The summed E-state index contributed by atoms with van der Waals surface area (Å²) >= 11 is 0. The molecule has 1 fully saturated rings. The van der Waals surface area contributed by atoms with Crippen LogP contribution in [-0.4, -0.2) is 35.1 Å². The fourth-order valence-electron chi connectivity index (χ4n) is 2.18. The number of hydrogen-bond donors (Lipinski definition) is 0. The number of amides is 1. The van der Waals surface area contributed by atoms with Gasteiger partial charge in [0, 0.05) is 18.2 Å². The molecule has 2 heterocycles. The van der Waals surface area contributed by atoms with E-state index in [1.807, 2.05) is 6.92 Å². The Kier molecular flexibility index (Phi) is 3.28. The molecule has 1 unspecified atom stereocenters. The van der Waals surface area contributed by atoms with E-state index in [1.165, 1.54) is 11.1 Å². The van der Waals surface area contributed by atoms with Crippen molar-refractivity contribution in [3.05, 3.63) is 11.8 Å². The van der Waals surface area contributed by atoms with Crippen molar-refractivity contribution in [3.8, 4) is 0 Å². The van der Waals surface area contributed by atoms with Crippen molar-refractivity contribution in [2.75, 3.05) is 0 Å². The highest BCUT2D eigenvalue weighted by atomic mass is 18.2. The molecule has 0 aromatic carbocycles. The molecule has 0 spiro atoms. The molecule has 1 saturated heterocycles. The lowest BCUT2D eigenvalue weighted by atomic mass is 10.1. The van der Waals surface area contributed by atoms with Crippen molar-refractivity contribution in [2.24, 2.45) is 0 Å². The van der Waals surface area contributed by atoms with Gasteiger partial charge in [-0.25, -0.2) is 4.39 Å². The van der Waals surface area contributed by atoms with Crippen LogP contribution in [-0.2, 0) is 14.3 Å². The van der Waals surface area contributed by atoms with Gasteiger partial charge in [0.1, 0.15) is 12.4 Å². The maximum absolute atomic E-state index is 13.5. The van der Waals surface area contributed by atoms with Crippen molar-refractivity contribution >= 4 is 11.7 Å². The average molecular weight is 240 g/mol. The number of alkyl halides is 1. The number of allylic oxidation sites excluding steroid dienone is 1. The minimum absolute atomic E-state index is 0.143. The van der Waals surface area contributed by atoms with Gasteiger partial charge in [0.05, 0.1) is 12.5 Å². The molecule has 3 atom stereocenters. The fraction of sp³-hybridized carbons (Fsp3) is 0.667. The third-order valence-corrected chi connectivity index (χ3v) is 3.25. The number of Topliss-reactive ketones (excluding diaryl/α,β-unsaturated/α-hetero) is 1. The van der Waals surface area contributed by atoms with Crippen molar-refractivity contribution in [1.82, 2.24) is 4.90 Å². The van der Waals surface area contributed by atoms with E-state index >= 15 is 0 Å². The normalized spacial score (nSPS) is 34.2. The van der Waals surface area contributed by atoms with Gasteiger partial charge in [0.15, 0.2) is 5.78 Å². The van der Waals surface area contributed by atoms with Crippen molar-refractivity contribution in [1.29, 1.82) is 0 Å². The molecule has 0 bridgehead atoms. The van der Waals surface area contributed by atoms with Crippen LogP contribution in [0.1, 0.15) is 33.1 Å². The number of ketones is 1. The molecule has 5 heteroatoms. The number of rotatable bonds is 2. The van der Waals surface area contributed by atoms with Gasteiger partial charge in [-0.1, -0.05) is 6.92 Å². The van der Waals surface area contributed by atoms with Gasteiger partial charge in [0.2, 0.25) is 5.91 Å². The summed E-state index contributed by atoms with van der Waals surface area (Å²) in [6.45, 7) is 3.50. The van der Waals surface area contributed by atoms with E-state index in [9.17, 15) is 14.0 Å². The van der Waals surface area contributed by atoms with Gasteiger partial charge in [-0.05, 0) is 13.3 Å². The second-order valence-electron chi connectivity index (χ2n) is 4.50. The van der Waals surface area contributed by atoms with Crippen LogP contribution in [0, 0.1) is 0 Å². The zero-order chi connectivity index (χ0) is 12.6. The number of carbonyl (C=O) groups excluding carboxylic acids is 2. The predicted octanol–water partition coefficient (Wildman–Crippen LogP) is 1.55. The van der Waals surface area contributed by atoms with E-state index in [2.05, 4.69) is 0 Å². The molecular weight excluding hydrogens is 224 g/mol. The van der Waals surface area contributed by atoms with E-state index in [-0.39, 0.29) is 24.5 Å². The summed E-state index contributed by atoms with van der Waals surface area (Å²) in [6, 6.07) is 0. The van der Waals surface area contributed by atoms with Gasteiger partial charge in [-0.3, -0.25) is 14.5 Å². The molecule has 0 N–H and O–H groups in total. The van der Waals surface area contributed by atoms with Crippen LogP contribution >= 0.6 is 0 Å². The summed E-state index contributed by atoms with van der Waals surface area (Å²) in [5, 5.41) is 0. The van der Waals surface area contributed by atoms with E-state index in [4.69, 9.17) is 4.74 Å². The Bertz CT molecular complexity index is 380. The van der Waals surface area contributed by atoms with Gasteiger partial charge in [0.25, 0.3) is 0 Å². The average Bonchev–Trinajstić information content (AvgIpc) is 2.65. The van der Waals surface area contributed by atoms with Crippen molar-refractivity contribution in [2.45, 2.75) is 51.6 Å². The first-order chi connectivity index (χ1) is 8.02. The minimum atomic E-state index is -1.04. The lowest BCUT2D eigenvalue weighted by Gasteiger charge is -2.28. The number of carbonyl (C=O) groups is 2. The van der Waals surface area contributed by atoms with Crippen LogP contribution in [0.25, 0.3) is 0 Å². The van der Waals surface area contributed by atoms with Crippen LogP contribution in [0.4, 0.5) is 4.39 Å². The Morgan fingerprint density at radius 1 is 1.53 bits per heavy atom. The molecule has 1 amide bonds. The van der Waals surface area contributed by atoms with Crippen molar-refractivity contribution < 1.29 is 18.7 Å². The molecule has 2 rings (SSSR count). The summed E-state index contributed by atoms with van der Waals surface area (Å²) < 4.78 is 19.0. The Labute approximate surface area is 99.4 Å². The first-order valence-electron chi connectivity index (χ1n) is 5.85. The van der Waals surface area contributed by atoms with E-state index in [1.54, 1.807) is 6.92 Å². The van der Waals surface area contributed by atoms with Gasteiger partial charge in [-0.2, -0.15) is 0 Å². The second-order valence-corrected chi connectivity index (χ2v) is 4.50. The highest BCUT2D eigenvalue weighted by Crippen LogP contribution is 2.29. The largest absolute Gasteiger partial charge is 0.352 e.